The Morgan fingerprint density at radius 3 is 1.88 bits per heavy atom. The van der Waals surface area contributed by atoms with E-state index in [1.165, 1.54) is 84.2 Å². The van der Waals surface area contributed by atoms with Crippen molar-refractivity contribution in [2.24, 2.45) is 17.3 Å². The number of hydrogen-bond acceptors (Lipinski definition) is 2. The monoisotopic (exact) mass is 338 g/mol. The molecule has 1 aliphatic carbocycles. The molecule has 0 radical (unpaired) electrons. The highest BCUT2D eigenvalue weighted by Gasteiger charge is 2.34. The molecule has 0 aliphatic heterocycles. The Labute approximate surface area is 151 Å². The van der Waals surface area contributed by atoms with Crippen LogP contribution in [-0.4, -0.2) is 13.1 Å². The second-order valence-electron chi connectivity index (χ2n) is 9.15. The first-order valence-electron chi connectivity index (χ1n) is 10.5. The van der Waals surface area contributed by atoms with Gasteiger partial charge in [-0.2, -0.15) is 0 Å². The molecule has 2 heteroatoms. The van der Waals surface area contributed by atoms with Crippen molar-refractivity contribution >= 4 is 5.97 Å². The third-order valence-corrected chi connectivity index (χ3v) is 5.50. The fourth-order valence-corrected chi connectivity index (χ4v) is 3.74. The van der Waals surface area contributed by atoms with Crippen LogP contribution in [0, 0.1) is 17.3 Å². The molecule has 142 valence electrons. The molecule has 0 saturated heterocycles. The van der Waals surface area contributed by atoms with Gasteiger partial charge in [-0.3, -0.25) is 4.79 Å². The molecule has 2 unspecified atom stereocenters. The second kappa shape index (κ2) is 11.9. The lowest BCUT2D eigenvalue weighted by molar-refractivity contribution is -0.140. The molecule has 0 aromatic carbocycles. The number of ether oxygens (including phenoxy) is 1. The maximum atomic E-state index is 11.0. The molecular weight excluding hydrogens is 296 g/mol. The highest BCUT2D eigenvalue weighted by Crippen LogP contribution is 2.45. The van der Waals surface area contributed by atoms with Crippen molar-refractivity contribution < 1.29 is 9.53 Å². The number of unbranched alkanes of at least 4 members (excludes halogenated alkanes) is 7. The van der Waals surface area contributed by atoms with Crippen LogP contribution in [0.15, 0.2) is 0 Å². The van der Waals surface area contributed by atoms with Gasteiger partial charge >= 0.3 is 5.97 Å². The third kappa shape index (κ3) is 11.9. The molecule has 0 bridgehead atoms. The zero-order valence-electron chi connectivity index (χ0n) is 16.9. The van der Waals surface area contributed by atoms with Crippen molar-refractivity contribution in [3.63, 3.8) is 0 Å². The first-order chi connectivity index (χ1) is 11.4. The maximum Gasteiger partial charge on any atom is 0.305 e. The van der Waals surface area contributed by atoms with E-state index in [9.17, 15) is 4.79 Å². The van der Waals surface area contributed by atoms with E-state index < -0.39 is 0 Å². The number of methoxy groups -OCH3 is 1. The standard InChI is InChI=1S/C22H42O2/c1-22(2,3)17-13-8-6-5-7-10-14-19-18-20(19)15-11-9-12-16-21(23)24-4/h19-20H,5-18H2,1-4H3. The molecule has 1 rings (SSSR count). The zero-order chi connectivity index (χ0) is 17.8. The normalized spacial score (nSPS) is 20.2. The molecule has 1 aliphatic rings. The summed E-state index contributed by atoms with van der Waals surface area (Å²) in [6.45, 7) is 7.04. The Morgan fingerprint density at radius 1 is 0.833 bits per heavy atom. The Morgan fingerprint density at radius 2 is 1.33 bits per heavy atom. The van der Waals surface area contributed by atoms with Gasteiger partial charge < -0.3 is 4.74 Å². The molecular formula is C22H42O2. The molecule has 0 amide bonds. The van der Waals surface area contributed by atoms with Crippen molar-refractivity contribution in [1.82, 2.24) is 0 Å². The van der Waals surface area contributed by atoms with Crippen LogP contribution in [0.2, 0.25) is 0 Å². The van der Waals surface area contributed by atoms with Gasteiger partial charge in [0, 0.05) is 6.42 Å². The predicted octanol–water partition coefficient (Wildman–Crippen LogP) is 6.91. The van der Waals surface area contributed by atoms with E-state index in [0.717, 1.165) is 18.3 Å². The summed E-state index contributed by atoms with van der Waals surface area (Å²) in [6.07, 6.45) is 18.4. The van der Waals surface area contributed by atoms with Crippen LogP contribution >= 0.6 is 0 Å². The summed E-state index contributed by atoms with van der Waals surface area (Å²) >= 11 is 0. The highest BCUT2D eigenvalue weighted by atomic mass is 16.5. The minimum absolute atomic E-state index is 0.0577. The largest absolute Gasteiger partial charge is 0.469 e. The number of rotatable bonds is 14. The van der Waals surface area contributed by atoms with Gasteiger partial charge in [0.1, 0.15) is 0 Å². The topological polar surface area (TPSA) is 26.3 Å². The van der Waals surface area contributed by atoms with Crippen LogP contribution in [0.4, 0.5) is 0 Å². The Hall–Kier alpha value is -0.530. The number of esters is 1. The van der Waals surface area contributed by atoms with E-state index in [2.05, 4.69) is 25.5 Å². The van der Waals surface area contributed by atoms with Crippen molar-refractivity contribution in [2.75, 3.05) is 7.11 Å². The quantitative estimate of drug-likeness (QED) is 0.254. The van der Waals surface area contributed by atoms with Gasteiger partial charge in [-0.25, -0.2) is 0 Å². The lowest BCUT2D eigenvalue weighted by Crippen LogP contribution is -2.03. The van der Waals surface area contributed by atoms with E-state index in [4.69, 9.17) is 0 Å². The van der Waals surface area contributed by atoms with Gasteiger partial charge in [-0.05, 0) is 36.5 Å². The third-order valence-electron chi connectivity index (χ3n) is 5.50. The van der Waals surface area contributed by atoms with Gasteiger partial charge in [0.2, 0.25) is 0 Å². The van der Waals surface area contributed by atoms with Crippen LogP contribution in [0.25, 0.3) is 0 Å². The fraction of sp³-hybridized carbons (Fsp3) is 0.955. The first kappa shape index (κ1) is 21.5. The van der Waals surface area contributed by atoms with Crippen LogP contribution in [0.1, 0.15) is 111 Å². The smallest absolute Gasteiger partial charge is 0.305 e. The van der Waals surface area contributed by atoms with Crippen molar-refractivity contribution in [3.05, 3.63) is 0 Å². The zero-order valence-corrected chi connectivity index (χ0v) is 16.9. The lowest BCUT2D eigenvalue weighted by Gasteiger charge is -2.17. The average molecular weight is 339 g/mol. The molecule has 1 fully saturated rings. The summed E-state index contributed by atoms with van der Waals surface area (Å²) in [7, 11) is 1.48. The minimum Gasteiger partial charge on any atom is -0.469 e. The Kier molecular flexibility index (Phi) is 10.7. The molecule has 2 atom stereocenters. The summed E-state index contributed by atoms with van der Waals surface area (Å²) in [6, 6.07) is 0. The second-order valence-corrected chi connectivity index (χ2v) is 9.15. The van der Waals surface area contributed by atoms with Crippen LogP contribution < -0.4 is 0 Å². The Bertz CT molecular complexity index is 329. The van der Waals surface area contributed by atoms with Crippen LogP contribution in [-0.2, 0) is 9.53 Å². The SMILES string of the molecule is COC(=O)CCCCCC1CC1CCCCCCCCC(C)(C)C. The van der Waals surface area contributed by atoms with Crippen molar-refractivity contribution in [3.8, 4) is 0 Å². The summed E-state index contributed by atoms with van der Waals surface area (Å²) in [5.74, 6) is 1.99. The molecule has 1 saturated carbocycles. The van der Waals surface area contributed by atoms with Gasteiger partial charge in [0.15, 0.2) is 0 Å². The Balaban J connectivity index is 1.80. The predicted molar refractivity (Wildman–Crippen MR) is 103 cm³/mol. The highest BCUT2D eigenvalue weighted by molar-refractivity contribution is 5.68. The van der Waals surface area contributed by atoms with E-state index in [0.29, 0.717) is 11.8 Å². The van der Waals surface area contributed by atoms with Crippen LogP contribution in [0.3, 0.4) is 0 Å². The van der Waals surface area contributed by atoms with Gasteiger partial charge in [-0.1, -0.05) is 85.0 Å². The van der Waals surface area contributed by atoms with Gasteiger partial charge in [0.25, 0.3) is 0 Å². The summed E-state index contributed by atoms with van der Waals surface area (Å²) in [5, 5.41) is 0. The van der Waals surface area contributed by atoms with Crippen molar-refractivity contribution in [1.29, 1.82) is 0 Å². The average Bonchev–Trinajstić information content (AvgIpc) is 3.26. The van der Waals surface area contributed by atoms with E-state index >= 15 is 0 Å². The number of carbonyl (C=O) groups excluding carboxylic acids is 1. The minimum atomic E-state index is -0.0577. The fourth-order valence-electron chi connectivity index (χ4n) is 3.74. The summed E-state index contributed by atoms with van der Waals surface area (Å²) < 4.78 is 4.67. The van der Waals surface area contributed by atoms with E-state index in [1.807, 2.05) is 0 Å². The molecule has 0 spiro atoms. The molecule has 0 aromatic rings. The lowest BCUT2D eigenvalue weighted by atomic mass is 9.89. The van der Waals surface area contributed by atoms with E-state index in [-0.39, 0.29) is 5.97 Å². The number of carbonyl (C=O) groups is 1. The summed E-state index contributed by atoms with van der Waals surface area (Å²) in [4.78, 5) is 11.0. The molecule has 0 heterocycles. The molecule has 0 N–H and O–H groups in total. The first-order valence-corrected chi connectivity index (χ1v) is 10.5. The van der Waals surface area contributed by atoms with Crippen LogP contribution in [0.5, 0.6) is 0 Å². The van der Waals surface area contributed by atoms with Gasteiger partial charge in [0.05, 0.1) is 7.11 Å². The van der Waals surface area contributed by atoms with Gasteiger partial charge in [-0.15, -0.1) is 0 Å². The van der Waals surface area contributed by atoms with Crippen molar-refractivity contribution in [2.45, 2.75) is 111 Å². The maximum absolute atomic E-state index is 11.0. The van der Waals surface area contributed by atoms with E-state index in [1.54, 1.807) is 0 Å². The number of hydrogen-bond donors (Lipinski definition) is 0. The molecule has 2 nitrogen and oxygen atoms in total. The summed E-state index contributed by atoms with van der Waals surface area (Å²) in [5.41, 5.74) is 0.514. The molecule has 24 heavy (non-hydrogen) atoms. The molecule has 0 aromatic heterocycles.